The molecule has 20 heavy (non-hydrogen) atoms. The molecule has 2 aromatic heterocycles. The molecule has 0 unspecified atom stereocenters. The van der Waals surface area contributed by atoms with Gasteiger partial charge in [0.25, 0.3) is 0 Å². The van der Waals surface area contributed by atoms with Gasteiger partial charge in [-0.15, -0.1) is 11.3 Å². The van der Waals surface area contributed by atoms with Crippen molar-refractivity contribution in [3.05, 3.63) is 39.4 Å². The average molecular weight is 310 g/mol. The number of aryl methyl sites for hydroxylation is 1. The molecule has 102 valence electrons. The minimum absolute atomic E-state index is 0.0812. The van der Waals surface area contributed by atoms with Crippen LogP contribution in [0.5, 0.6) is 0 Å². The van der Waals surface area contributed by atoms with E-state index in [0.29, 0.717) is 17.0 Å². The third kappa shape index (κ3) is 2.07. The highest BCUT2D eigenvalue weighted by Crippen LogP contribution is 2.41. The van der Waals surface area contributed by atoms with Crippen LogP contribution in [0.1, 0.15) is 5.01 Å². The molecule has 0 aliphatic carbocycles. The fourth-order valence-electron chi connectivity index (χ4n) is 1.92. The maximum Gasteiger partial charge on any atom is 0.196 e. The van der Waals surface area contributed by atoms with Gasteiger partial charge in [-0.25, -0.2) is 9.37 Å². The third-order valence-corrected chi connectivity index (χ3v) is 3.87. The second-order valence-electron chi connectivity index (χ2n) is 4.12. The molecule has 0 saturated carbocycles. The number of hydrogen-bond acceptors (Lipinski definition) is 5. The monoisotopic (exact) mass is 309 g/mol. The van der Waals surface area contributed by atoms with Crippen LogP contribution in [-0.4, -0.2) is 10.1 Å². The standard InChI is InChI=1S/C13H9ClFN3OS/c1-6-17-9(5-20-6)12-11(13(16)18-19-12)10-7(14)3-2-4-8(10)15/h2-5H,1H3,(H2,16,18). The lowest BCUT2D eigenvalue weighted by Crippen LogP contribution is -1.92. The summed E-state index contributed by atoms with van der Waals surface area (Å²) in [6, 6.07) is 4.42. The molecule has 0 bridgehead atoms. The highest BCUT2D eigenvalue weighted by molar-refractivity contribution is 7.09. The molecule has 0 fully saturated rings. The van der Waals surface area contributed by atoms with Crippen molar-refractivity contribution < 1.29 is 8.91 Å². The summed E-state index contributed by atoms with van der Waals surface area (Å²) >= 11 is 7.53. The minimum Gasteiger partial charge on any atom is -0.380 e. The van der Waals surface area contributed by atoms with E-state index in [1.165, 1.54) is 23.5 Å². The molecule has 0 radical (unpaired) electrons. The van der Waals surface area contributed by atoms with Crippen LogP contribution < -0.4 is 5.73 Å². The van der Waals surface area contributed by atoms with Crippen molar-refractivity contribution in [3.8, 4) is 22.6 Å². The number of aromatic nitrogens is 2. The smallest absolute Gasteiger partial charge is 0.196 e. The summed E-state index contributed by atoms with van der Waals surface area (Å²) in [6.07, 6.45) is 0. The van der Waals surface area contributed by atoms with Gasteiger partial charge in [0.15, 0.2) is 11.6 Å². The van der Waals surface area contributed by atoms with Crippen LogP contribution in [-0.2, 0) is 0 Å². The summed E-state index contributed by atoms with van der Waals surface area (Å²) in [7, 11) is 0. The number of rotatable bonds is 2. The lowest BCUT2D eigenvalue weighted by Gasteiger charge is -2.05. The second-order valence-corrected chi connectivity index (χ2v) is 5.59. The largest absolute Gasteiger partial charge is 0.380 e. The highest BCUT2D eigenvalue weighted by Gasteiger charge is 2.24. The molecule has 3 aromatic rings. The number of anilines is 1. The number of nitrogens with zero attached hydrogens (tertiary/aromatic N) is 2. The van der Waals surface area contributed by atoms with Crippen LogP contribution in [0.3, 0.4) is 0 Å². The van der Waals surface area contributed by atoms with Crippen molar-refractivity contribution in [1.82, 2.24) is 10.1 Å². The van der Waals surface area contributed by atoms with Gasteiger partial charge < -0.3 is 10.3 Å². The maximum absolute atomic E-state index is 14.1. The predicted molar refractivity (Wildman–Crippen MR) is 77.2 cm³/mol. The van der Waals surface area contributed by atoms with Gasteiger partial charge in [-0.1, -0.05) is 22.8 Å². The summed E-state index contributed by atoms with van der Waals surface area (Å²) in [5.41, 5.74) is 6.87. The Bertz CT molecular complexity index is 764. The minimum atomic E-state index is -0.486. The molecular weight excluding hydrogens is 301 g/mol. The van der Waals surface area contributed by atoms with Gasteiger partial charge in [0.05, 0.1) is 15.6 Å². The van der Waals surface area contributed by atoms with Crippen molar-refractivity contribution in [2.24, 2.45) is 0 Å². The third-order valence-electron chi connectivity index (χ3n) is 2.78. The Morgan fingerprint density at radius 2 is 2.15 bits per heavy atom. The predicted octanol–water partition coefficient (Wildman–Crippen LogP) is 4.15. The fraction of sp³-hybridized carbons (Fsp3) is 0.0769. The zero-order chi connectivity index (χ0) is 14.3. The summed E-state index contributed by atoms with van der Waals surface area (Å²) in [6.45, 7) is 1.86. The van der Waals surface area contributed by atoms with Crippen molar-refractivity contribution in [1.29, 1.82) is 0 Å². The Morgan fingerprint density at radius 3 is 2.80 bits per heavy atom. The van der Waals surface area contributed by atoms with E-state index in [4.69, 9.17) is 21.9 Å². The van der Waals surface area contributed by atoms with Gasteiger partial charge in [-0.05, 0) is 19.1 Å². The zero-order valence-corrected chi connectivity index (χ0v) is 11.9. The van der Waals surface area contributed by atoms with Crippen LogP contribution in [0.4, 0.5) is 10.2 Å². The Balaban J connectivity index is 2.27. The van der Waals surface area contributed by atoms with Gasteiger partial charge in [0, 0.05) is 10.9 Å². The lowest BCUT2D eigenvalue weighted by atomic mass is 10.0. The molecule has 0 saturated heterocycles. The number of halogens is 2. The van der Waals surface area contributed by atoms with Crippen molar-refractivity contribution >= 4 is 28.8 Å². The number of benzene rings is 1. The van der Waals surface area contributed by atoms with Crippen molar-refractivity contribution in [2.75, 3.05) is 5.73 Å². The topological polar surface area (TPSA) is 64.9 Å². The van der Waals surface area contributed by atoms with Crippen LogP contribution >= 0.6 is 22.9 Å². The van der Waals surface area contributed by atoms with Crippen LogP contribution in [0, 0.1) is 12.7 Å². The van der Waals surface area contributed by atoms with Crippen molar-refractivity contribution in [3.63, 3.8) is 0 Å². The van der Waals surface area contributed by atoms with Gasteiger partial charge in [0.2, 0.25) is 0 Å². The molecule has 0 aliphatic heterocycles. The maximum atomic E-state index is 14.1. The van der Waals surface area contributed by atoms with E-state index in [1.807, 2.05) is 6.92 Å². The van der Waals surface area contributed by atoms with E-state index >= 15 is 0 Å². The normalized spacial score (nSPS) is 10.9. The zero-order valence-electron chi connectivity index (χ0n) is 10.4. The molecule has 0 spiro atoms. The van der Waals surface area contributed by atoms with Gasteiger partial charge >= 0.3 is 0 Å². The number of nitrogen functional groups attached to an aromatic ring is 1. The molecule has 3 rings (SSSR count). The first kappa shape index (κ1) is 13.1. The summed E-state index contributed by atoms with van der Waals surface area (Å²) in [5.74, 6) is -0.0860. The fourth-order valence-corrected chi connectivity index (χ4v) is 2.77. The van der Waals surface area contributed by atoms with Gasteiger partial charge in [-0.3, -0.25) is 0 Å². The number of hydrogen-bond donors (Lipinski definition) is 1. The Morgan fingerprint density at radius 1 is 1.35 bits per heavy atom. The lowest BCUT2D eigenvalue weighted by molar-refractivity contribution is 0.435. The number of thiazole rings is 1. The van der Waals surface area contributed by atoms with Crippen molar-refractivity contribution in [2.45, 2.75) is 6.92 Å². The Hall–Kier alpha value is -1.92. The SMILES string of the molecule is Cc1nc(-c2onc(N)c2-c2c(F)cccc2Cl)cs1. The van der Waals surface area contributed by atoms with Crippen LogP contribution in [0.15, 0.2) is 28.1 Å². The number of nitrogens with two attached hydrogens (primary N) is 1. The van der Waals surface area contributed by atoms with Crippen LogP contribution in [0.25, 0.3) is 22.6 Å². The van der Waals surface area contributed by atoms with Gasteiger partial charge in [-0.2, -0.15) is 0 Å². The Kier molecular flexibility index (Phi) is 3.19. The molecule has 7 heteroatoms. The molecule has 0 aliphatic rings. The Labute approximate surface area is 123 Å². The second kappa shape index (κ2) is 4.88. The first-order chi connectivity index (χ1) is 9.58. The molecule has 0 atom stereocenters. The van der Waals surface area contributed by atoms with E-state index in [1.54, 1.807) is 11.4 Å². The molecule has 2 N–H and O–H groups in total. The van der Waals surface area contributed by atoms with E-state index in [9.17, 15) is 4.39 Å². The van der Waals surface area contributed by atoms with Gasteiger partial charge in [0.1, 0.15) is 11.5 Å². The van der Waals surface area contributed by atoms with E-state index in [2.05, 4.69) is 10.1 Å². The first-order valence-electron chi connectivity index (χ1n) is 5.70. The molecule has 0 amide bonds. The van der Waals surface area contributed by atoms with E-state index in [0.717, 1.165) is 5.01 Å². The highest BCUT2D eigenvalue weighted by atomic mass is 35.5. The van der Waals surface area contributed by atoms with E-state index < -0.39 is 5.82 Å². The van der Waals surface area contributed by atoms with Crippen LogP contribution in [0.2, 0.25) is 5.02 Å². The van der Waals surface area contributed by atoms with E-state index in [-0.39, 0.29) is 16.4 Å². The quantitative estimate of drug-likeness (QED) is 0.772. The molecule has 2 heterocycles. The summed E-state index contributed by atoms with van der Waals surface area (Å²) in [5, 5.41) is 6.61. The first-order valence-corrected chi connectivity index (χ1v) is 6.95. The summed E-state index contributed by atoms with van der Waals surface area (Å²) in [4.78, 5) is 4.30. The molecular formula is C13H9ClFN3OS. The molecule has 4 nitrogen and oxygen atoms in total. The summed E-state index contributed by atoms with van der Waals surface area (Å²) < 4.78 is 19.3. The average Bonchev–Trinajstić information content (AvgIpc) is 2.97. The molecule has 1 aromatic carbocycles.